The molecule has 1 aromatic carbocycles. The molecular weight excluding hydrogens is 254 g/mol. The average molecular weight is 262 g/mol. The van der Waals surface area contributed by atoms with Gasteiger partial charge in [-0.2, -0.15) is 4.98 Å². The first kappa shape index (κ1) is 10.8. The predicted molar refractivity (Wildman–Crippen MR) is 66.7 cm³/mol. The number of anilines is 1. The van der Waals surface area contributed by atoms with Gasteiger partial charge in [-0.05, 0) is 12.1 Å². The van der Waals surface area contributed by atoms with Gasteiger partial charge in [0, 0.05) is 12.4 Å². The van der Waals surface area contributed by atoms with E-state index in [-0.39, 0.29) is 0 Å². The van der Waals surface area contributed by atoms with Gasteiger partial charge < -0.3 is 15.2 Å². The van der Waals surface area contributed by atoms with Crippen molar-refractivity contribution in [1.82, 2.24) is 20.1 Å². The van der Waals surface area contributed by atoms with Crippen LogP contribution in [0.4, 0.5) is 5.69 Å². The fourth-order valence-corrected chi connectivity index (χ4v) is 1.71. The molecule has 0 aliphatic rings. The maximum absolute atomic E-state index is 5.94. The number of nitrogens with zero attached hydrogens (tertiary/aromatic N) is 3. The summed E-state index contributed by atoms with van der Waals surface area (Å²) in [6, 6.07) is 5.23. The van der Waals surface area contributed by atoms with Crippen molar-refractivity contribution in [2.45, 2.75) is 0 Å². The van der Waals surface area contributed by atoms with Gasteiger partial charge >= 0.3 is 0 Å². The molecule has 0 radical (unpaired) electrons. The normalized spacial score (nSPS) is 10.7. The van der Waals surface area contributed by atoms with Crippen molar-refractivity contribution < 1.29 is 4.52 Å². The van der Waals surface area contributed by atoms with Gasteiger partial charge in [0.15, 0.2) is 5.82 Å². The van der Waals surface area contributed by atoms with Crippen molar-refractivity contribution >= 4 is 17.3 Å². The number of rotatable bonds is 2. The molecule has 0 aliphatic carbocycles. The molecule has 0 saturated heterocycles. The minimum Gasteiger partial charge on any atom is -0.397 e. The summed E-state index contributed by atoms with van der Waals surface area (Å²) in [7, 11) is 0. The first-order valence-electron chi connectivity index (χ1n) is 5.13. The summed E-state index contributed by atoms with van der Waals surface area (Å²) in [6.07, 6.45) is 3.29. The summed E-state index contributed by atoms with van der Waals surface area (Å²) in [5.74, 6) is 1.21. The number of hydrogen-bond acceptors (Lipinski definition) is 5. The van der Waals surface area contributed by atoms with Gasteiger partial charge in [-0.15, -0.1) is 0 Å². The molecule has 0 amide bonds. The van der Waals surface area contributed by atoms with Crippen LogP contribution in [0.25, 0.3) is 23.1 Å². The zero-order chi connectivity index (χ0) is 12.5. The van der Waals surface area contributed by atoms with E-state index in [0.29, 0.717) is 33.8 Å². The SMILES string of the molecule is Nc1c(Cl)cccc1-c1nc(-c2ncc[nH]2)no1. The quantitative estimate of drug-likeness (QED) is 0.691. The lowest BCUT2D eigenvalue weighted by molar-refractivity contribution is 0.432. The second kappa shape index (κ2) is 4.15. The van der Waals surface area contributed by atoms with E-state index < -0.39 is 0 Å². The average Bonchev–Trinajstić information content (AvgIpc) is 3.01. The van der Waals surface area contributed by atoms with E-state index in [1.54, 1.807) is 30.6 Å². The molecule has 3 rings (SSSR count). The molecule has 0 atom stereocenters. The largest absolute Gasteiger partial charge is 0.397 e. The first-order chi connectivity index (χ1) is 8.75. The minimum atomic E-state index is 0.307. The summed E-state index contributed by atoms with van der Waals surface area (Å²) in [5.41, 5.74) is 6.87. The van der Waals surface area contributed by atoms with Gasteiger partial charge in [-0.3, -0.25) is 0 Å². The predicted octanol–water partition coefficient (Wildman–Crippen LogP) is 2.36. The number of para-hydroxylation sites is 1. The van der Waals surface area contributed by atoms with E-state index in [4.69, 9.17) is 21.9 Å². The molecule has 18 heavy (non-hydrogen) atoms. The third kappa shape index (κ3) is 1.72. The second-order valence-electron chi connectivity index (χ2n) is 3.56. The van der Waals surface area contributed by atoms with Gasteiger partial charge in [0.1, 0.15) is 0 Å². The molecule has 90 valence electrons. The van der Waals surface area contributed by atoms with E-state index in [1.165, 1.54) is 0 Å². The van der Waals surface area contributed by atoms with Gasteiger partial charge in [-0.25, -0.2) is 4.98 Å². The van der Waals surface area contributed by atoms with E-state index in [2.05, 4.69) is 20.1 Å². The Bertz CT molecular complexity index is 677. The second-order valence-corrected chi connectivity index (χ2v) is 3.97. The maximum Gasteiger partial charge on any atom is 0.260 e. The number of nitrogens with one attached hydrogen (secondary N) is 1. The van der Waals surface area contributed by atoms with Crippen molar-refractivity contribution in [3.05, 3.63) is 35.6 Å². The van der Waals surface area contributed by atoms with Crippen molar-refractivity contribution in [3.8, 4) is 23.1 Å². The van der Waals surface area contributed by atoms with Crippen LogP contribution in [0.5, 0.6) is 0 Å². The van der Waals surface area contributed by atoms with Gasteiger partial charge in [0.05, 0.1) is 16.3 Å². The van der Waals surface area contributed by atoms with Crippen LogP contribution in [0.1, 0.15) is 0 Å². The Hall–Kier alpha value is -2.34. The van der Waals surface area contributed by atoms with Crippen LogP contribution in [-0.4, -0.2) is 20.1 Å². The zero-order valence-corrected chi connectivity index (χ0v) is 9.85. The topological polar surface area (TPSA) is 93.6 Å². The monoisotopic (exact) mass is 261 g/mol. The lowest BCUT2D eigenvalue weighted by Crippen LogP contribution is -1.91. The lowest BCUT2D eigenvalue weighted by atomic mass is 10.2. The molecule has 0 fully saturated rings. The van der Waals surface area contributed by atoms with Crippen LogP contribution in [-0.2, 0) is 0 Å². The van der Waals surface area contributed by atoms with Crippen LogP contribution in [0.15, 0.2) is 35.1 Å². The molecule has 0 bridgehead atoms. The summed E-state index contributed by atoms with van der Waals surface area (Å²) in [5, 5.41) is 4.28. The molecular formula is C11H8ClN5O. The third-order valence-electron chi connectivity index (χ3n) is 2.42. The first-order valence-corrected chi connectivity index (χ1v) is 5.51. The van der Waals surface area contributed by atoms with Gasteiger partial charge in [-0.1, -0.05) is 22.8 Å². The highest BCUT2D eigenvalue weighted by molar-refractivity contribution is 6.33. The number of aromatic nitrogens is 4. The smallest absolute Gasteiger partial charge is 0.260 e. The highest BCUT2D eigenvalue weighted by atomic mass is 35.5. The fraction of sp³-hybridized carbons (Fsp3) is 0. The molecule has 0 aliphatic heterocycles. The van der Waals surface area contributed by atoms with Crippen molar-refractivity contribution in [2.75, 3.05) is 5.73 Å². The fourth-order valence-electron chi connectivity index (χ4n) is 1.54. The molecule has 7 heteroatoms. The number of aromatic amines is 1. The number of benzene rings is 1. The number of hydrogen-bond donors (Lipinski definition) is 2. The lowest BCUT2D eigenvalue weighted by Gasteiger charge is -2.01. The maximum atomic E-state index is 5.94. The van der Waals surface area contributed by atoms with Crippen LogP contribution in [0.3, 0.4) is 0 Å². The molecule has 0 spiro atoms. The van der Waals surface area contributed by atoms with Gasteiger partial charge in [0.25, 0.3) is 5.89 Å². The molecule has 6 nitrogen and oxygen atoms in total. The molecule has 2 aromatic heterocycles. The van der Waals surface area contributed by atoms with Crippen molar-refractivity contribution in [1.29, 1.82) is 0 Å². The standard InChI is InChI=1S/C11H8ClN5O/c12-7-3-1-2-6(8(7)13)11-16-10(17-18-11)9-14-4-5-15-9/h1-5H,13H2,(H,14,15). The Balaban J connectivity index is 2.06. The Kier molecular flexibility index (Phi) is 2.49. The Morgan fingerprint density at radius 3 is 3.00 bits per heavy atom. The summed E-state index contributed by atoms with van der Waals surface area (Å²) in [4.78, 5) is 11.1. The molecule has 2 heterocycles. The van der Waals surface area contributed by atoms with Crippen LogP contribution in [0, 0.1) is 0 Å². The van der Waals surface area contributed by atoms with E-state index in [9.17, 15) is 0 Å². The van der Waals surface area contributed by atoms with E-state index >= 15 is 0 Å². The zero-order valence-electron chi connectivity index (χ0n) is 9.09. The Morgan fingerprint density at radius 1 is 1.33 bits per heavy atom. The molecule has 3 N–H and O–H groups in total. The number of halogens is 1. The van der Waals surface area contributed by atoms with E-state index in [0.717, 1.165) is 0 Å². The van der Waals surface area contributed by atoms with E-state index in [1.807, 2.05) is 0 Å². The number of nitrogen functional groups attached to an aromatic ring is 1. The number of H-pyrrole nitrogens is 1. The Morgan fingerprint density at radius 2 is 2.22 bits per heavy atom. The summed E-state index contributed by atoms with van der Waals surface area (Å²) >= 11 is 5.94. The van der Waals surface area contributed by atoms with Crippen LogP contribution >= 0.6 is 11.6 Å². The van der Waals surface area contributed by atoms with Crippen molar-refractivity contribution in [3.63, 3.8) is 0 Å². The third-order valence-corrected chi connectivity index (χ3v) is 2.75. The van der Waals surface area contributed by atoms with Crippen molar-refractivity contribution in [2.24, 2.45) is 0 Å². The van der Waals surface area contributed by atoms with Crippen LogP contribution in [0.2, 0.25) is 5.02 Å². The van der Waals surface area contributed by atoms with Crippen LogP contribution < -0.4 is 5.73 Å². The minimum absolute atomic E-state index is 0.307. The number of imidazole rings is 1. The highest BCUT2D eigenvalue weighted by Crippen LogP contribution is 2.30. The molecule has 0 saturated carbocycles. The molecule has 3 aromatic rings. The summed E-state index contributed by atoms with van der Waals surface area (Å²) in [6.45, 7) is 0. The summed E-state index contributed by atoms with van der Waals surface area (Å²) < 4.78 is 5.15. The molecule has 0 unspecified atom stereocenters. The number of nitrogens with two attached hydrogens (primary N) is 1. The van der Waals surface area contributed by atoms with Gasteiger partial charge in [0.2, 0.25) is 5.82 Å². The Labute approximate surface area is 107 Å². The highest BCUT2D eigenvalue weighted by Gasteiger charge is 2.15.